The van der Waals surface area contributed by atoms with Crippen LogP contribution < -0.4 is 10.6 Å². The fraction of sp³-hybridized carbons (Fsp3) is 0.130. The number of anilines is 2. The van der Waals surface area contributed by atoms with E-state index in [1.807, 2.05) is 43.3 Å². The van der Waals surface area contributed by atoms with Gasteiger partial charge in [0.05, 0.1) is 11.7 Å². The maximum atomic E-state index is 12.5. The molecule has 0 aliphatic heterocycles. The van der Waals surface area contributed by atoms with Gasteiger partial charge in [-0.2, -0.15) is 0 Å². The third kappa shape index (κ3) is 6.80. The summed E-state index contributed by atoms with van der Waals surface area (Å²) in [7, 11) is 0. The van der Waals surface area contributed by atoms with E-state index in [4.69, 9.17) is 23.2 Å². The molecule has 2 N–H and O–H groups in total. The molecular weight excluding hydrogens is 439 g/mol. The molecule has 0 bridgehead atoms. The van der Waals surface area contributed by atoms with Crippen molar-refractivity contribution < 1.29 is 9.59 Å². The molecule has 0 radical (unpaired) electrons. The molecule has 0 saturated carbocycles. The van der Waals surface area contributed by atoms with E-state index in [1.54, 1.807) is 36.4 Å². The van der Waals surface area contributed by atoms with Crippen molar-refractivity contribution in [2.45, 2.75) is 23.5 Å². The summed E-state index contributed by atoms with van der Waals surface area (Å²) >= 11 is 13.2. The lowest BCUT2D eigenvalue weighted by Gasteiger charge is -2.13. The lowest BCUT2D eigenvalue weighted by molar-refractivity contribution is -0.116. The van der Waals surface area contributed by atoms with Gasteiger partial charge in [-0.25, -0.2) is 0 Å². The number of carbonyl (C=O) groups excluding carboxylic acids is 2. The molecule has 0 aliphatic carbocycles. The van der Waals surface area contributed by atoms with E-state index >= 15 is 0 Å². The number of hydrogen-bond acceptors (Lipinski definition) is 3. The van der Waals surface area contributed by atoms with Crippen molar-refractivity contribution in [2.75, 3.05) is 10.6 Å². The number of amides is 2. The highest BCUT2D eigenvalue weighted by Gasteiger charge is 2.15. The molecule has 0 saturated heterocycles. The highest BCUT2D eigenvalue weighted by molar-refractivity contribution is 8.00. The fourth-order valence-corrected chi connectivity index (χ4v) is 3.95. The van der Waals surface area contributed by atoms with E-state index in [-0.39, 0.29) is 23.5 Å². The molecule has 2 amide bonds. The molecule has 0 heterocycles. The first-order valence-corrected chi connectivity index (χ1v) is 10.9. The van der Waals surface area contributed by atoms with Gasteiger partial charge in [0, 0.05) is 26.3 Å². The van der Waals surface area contributed by atoms with Crippen LogP contribution in [0.4, 0.5) is 11.4 Å². The lowest BCUT2D eigenvalue weighted by Crippen LogP contribution is -2.22. The molecule has 0 aliphatic rings. The smallest absolute Gasteiger partial charge is 0.237 e. The van der Waals surface area contributed by atoms with Gasteiger partial charge in [-0.1, -0.05) is 47.5 Å². The minimum Gasteiger partial charge on any atom is -0.326 e. The van der Waals surface area contributed by atoms with E-state index in [0.717, 1.165) is 10.5 Å². The van der Waals surface area contributed by atoms with Crippen molar-refractivity contribution in [2.24, 2.45) is 0 Å². The molecular formula is C23H20Cl2N2O2S. The van der Waals surface area contributed by atoms with Gasteiger partial charge in [0.25, 0.3) is 0 Å². The van der Waals surface area contributed by atoms with Gasteiger partial charge >= 0.3 is 0 Å². The standard InChI is InChI=1S/C23H20Cl2N2O2S/c1-15(23(29)27-19-5-2-4-18(25)13-19)30-21-7-3-6-20(14-21)26-22(28)12-16-8-10-17(24)11-9-16/h2-11,13-15H,12H2,1H3,(H,26,28)(H,27,29). The number of nitrogens with one attached hydrogen (secondary N) is 2. The summed E-state index contributed by atoms with van der Waals surface area (Å²) in [6, 6.07) is 21.6. The van der Waals surface area contributed by atoms with E-state index in [0.29, 0.717) is 21.4 Å². The first-order valence-electron chi connectivity index (χ1n) is 9.26. The van der Waals surface area contributed by atoms with Crippen LogP contribution in [0.3, 0.4) is 0 Å². The average molecular weight is 459 g/mol. The highest BCUT2D eigenvalue weighted by atomic mass is 35.5. The summed E-state index contributed by atoms with van der Waals surface area (Å²) in [5.74, 6) is -0.245. The summed E-state index contributed by atoms with van der Waals surface area (Å²) < 4.78 is 0. The Balaban J connectivity index is 1.57. The molecule has 3 aromatic carbocycles. The van der Waals surface area contributed by atoms with E-state index in [9.17, 15) is 9.59 Å². The Bertz CT molecular complexity index is 1040. The molecule has 7 heteroatoms. The Kier molecular flexibility index (Phi) is 7.80. The summed E-state index contributed by atoms with van der Waals surface area (Å²) in [6.45, 7) is 1.83. The molecule has 3 aromatic rings. The van der Waals surface area contributed by atoms with Crippen molar-refractivity contribution >= 4 is 58.2 Å². The van der Waals surface area contributed by atoms with Gasteiger partial charge in [-0.05, 0) is 61.0 Å². The van der Waals surface area contributed by atoms with Gasteiger partial charge in [0.15, 0.2) is 0 Å². The monoisotopic (exact) mass is 458 g/mol. The van der Waals surface area contributed by atoms with Crippen LogP contribution >= 0.6 is 35.0 Å². The Morgan fingerprint density at radius 3 is 2.23 bits per heavy atom. The first-order chi connectivity index (χ1) is 14.4. The quantitative estimate of drug-likeness (QED) is 0.408. The number of thioether (sulfide) groups is 1. The predicted octanol–water partition coefficient (Wildman–Crippen LogP) is 6.29. The zero-order chi connectivity index (χ0) is 21.5. The second-order valence-electron chi connectivity index (χ2n) is 6.64. The average Bonchev–Trinajstić information content (AvgIpc) is 2.70. The fourth-order valence-electron chi connectivity index (χ4n) is 2.71. The number of benzene rings is 3. The summed E-state index contributed by atoms with van der Waals surface area (Å²) in [5.41, 5.74) is 2.22. The predicted molar refractivity (Wildman–Crippen MR) is 126 cm³/mol. The minimum atomic E-state index is -0.330. The molecule has 3 rings (SSSR count). The molecule has 0 aromatic heterocycles. The Morgan fingerprint density at radius 1 is 0.867 bits per heavy atom. The van der Waals surface area contributed by atoms with Crippen LogP contribution in [0.5, 0.6) is 0 Å². The zero-order valence-corrected chi connectivity index (χ0v) is 18.5. The van der Waals surface area contributed by atoms with Crippen LogP contribution in [0.1, 0.15) is 12.5 Å². The second-order valence-corrected chi connectivity index (χ2v) is 8.93. The topological polar surface area (TPSA) is 58.2 Å². The van der Waals surface area contributed by atoms with Crippen LogP contribution in [0.25, 0.3) is 0 Å². The molecule has 4 nitrogen and oxygen atoms in total. The SMILES string of the molecule is CC(Sc1cccc(NC(=O)Cc2ccc(Cl)cc2)c1)C(=O)Nc1cccc(Cl)c1. The Morgan fingerprint density at radius 2 is 1.53 bits per heavy atom. The zero-order valence-electron chi connectivity index (χ0n) is 16.2. The van der Waals surface area contributed by atoms with Crippen molar-refractivity contribution in [1.29, 1.82) is 0 Å². The normalized spacial score (nSPS) is 11.6. The van der Waals surface area contributed by atoms with Gasteiger partial charge < -0.3 is 10.6 Å². The maximum Gasteiger partial charge on any atom is 0.237 e. The second kappa shape index (κ2) is 10.5. The van der Waals surface area contributed by atoms with Gasteiger partial charge in [0.1, 0.15) is 0 Å². The van der Waals surface area contributed by atoms with Crippen LogP contribution in [0.2, 0.25) is 10.0 Å². The first kappa shape index (κ1) is 22.2. The molecule has 1 atom stereocenters. The van der Waals surface area contributed by atoms with Gasteiger partial charge in [0.2, 0.25) is 11.8 Å². The largest absolute Gasteiger partial charge is 0.326 e. The molecule has 30 heavy (non-hydrogen) atoms. The molecule has 154 valence electrons. The summed E-state index contributed by atoms with van der Waals surface area (Å²) in [5, 5.41) is 6.62. The van der Waals surface area contributed by atoms with Gasteiger partial charge in [-0.15, -0.1) is 11.8 Å². The van der Waals surface area contributed by atoms with E-state index in [1.165, 1.54) is 11.8 Å². The van der Waals surface area contributed by atoms with Crippen LogP contribution in [0.15, 0.2) is 77.7 Å². The van der Waals surface area contributed by atoms with Crippen LogP contribution in [0, 0.1) is 0 Å². The van der Waals surface area contributed by atoms with E-state index < -0.39 is 0 Å². The lowest BCUT2D eigenvalue weighted by atomic mass is 10.1. The number of hydrogen-bond donors (Lipinski definition) is 2. The third-order valence-electron chi connectivity index (χ3n) is 4.17. The van der Waals surface area contributed by atoms with Crippen LogP contribution in [-0.4, -0.2) is 17.1 Å². The Labute approximate surface area is 190 Å². The Hall–Kier alpha value is -2.47. The molecule has 1 unspecified atom stereocenters. The van der Waals surface area contributed by atoms with Crippen LogP contribution in [-0.2, 0) is 16.0 Å². The van der Waals surface area contributed by atoms with Crippen molar-refractivity contribution in [3.8, 4) is 0 Å². The molecule has 0 fully saturated rings. The summed E-state index contributed by atoms with van der Waals surface area (Å²) in [4.78, 5) is 25.7. The van der Waals surface area contributed by atoms with Gasteiger partial charge in [-0.3, -0.25) is 9.59 Å². The van der Waals surface area contributed by atoms with Crippen molar-refractivity contribution in [3.05, 3.63) is 88.4 Å². The van der Waals surface area contributed by atoms with Crippen molar-refractivity contribution in [3.63, 3.8) is 0 Å². The van der Waals surface area contributed by atoms with Crippen molar-refractivity contribution in [1.82, 2.24) is 0 Å². The number of carbonyl (C=O) groups is 2. The minimum absolute atomic E-state index is 0.119. The summed E-state index contributed by atoms with van der Waals surface area (Å²) in [6.07, 6.45) is 0.257. The maximum absolute atomic E-state index is 12.5. The third-order valence-corrected chi connectivity index (χ3v) is 5.75. The number of rotatable bonds is 7. The number of halogens is 2. The molecule has 0 spiro atoms. The highest BCUT2D eigenvalue weighted by Crippen LogP contribution is 2.27. The van der Waals surface area contributed by atoms with E-state index in [2.05, 4.69) is 10.6 Å².